The Morgan fingerprint density at radius 1 is 0.310 bits per heavy atom. The summed E-state index contributed by atoms with van der Waals surface area (Å²) < 4.78 is 42.1. The Balaban J connectivity index is 1.32. The number of benzene rings is 6. The molecule has 0 radical (unpaired) electrons. The summed E-state index contributed by atoms with van der Waals surface area (Å²) in [7, 11) is -2.65. The summed E-state index contributed by atoms with van der Waals surface area (Å²) in [4.78, 5) is 30.3. The van der Waals surface area contributed by atoms with Gasteiger partial charge in [0.25, 0.3) is 0 Å². The summed E-state index contributed by atoms with van der Waals surface area (Å²) in [5.41, 5.74) is 9.04. The molecule has 0 aromatic heterocycles. The first-order valence-corrected chi connectivity index (χ1v) is 38.0. The van der Waals surface area contributed by atoms with E-state index in [4.69, 9.17) is 27.8 Å². The van der Waals surface area contributed by atoms with E-state index in [0.717, 1.165) is 88.6 Å². The Hall–Kier alpha value is -6.15. The highest BCUT2D eigenvalue weighted by Crippen LogP contribution is 2.57. The van der Waals surface area contributed by atoms with Gasteiger partial charge in [0.1, 0.15) is 46.3 Å². The Bertz CT molecular complexity index is 3840. The predicted molar refractivity (Wildman–Crippen MR) is 413 cm³/mol. The number of hydrogen-bond acceptors (Lipinski definition) is 9. The highest BCUT2D eigenvalue weighted by atomic mass is 31.2. The maximum atomic E-state index is 15.2. The maximum absolute atomic E-state index is 15.2. The predicted octanol–water partition coefficient (Wildman–Crippen LogP) is 24.7. The third kappa shape index (κ3) is 18.2. The van der Waals surface area contributed by atoms with Crippen molar-refractivity contribution in [1.29, 1.82) is 0 Å². The maximum Gasteiger partial charge on any atom is 0.530 e. The second-order valence-corrected chi connectivity index (χ2v) is 42.4. The number of esters is 2. The Morgan fingerprint density at radius 2 is 0.540 bits per heavy atom. The van der Waals surface area contributed by atoms with Gasteiger partial charge < -0.3 is 32.9 Å². The average Bonchev–Trinajstić information content (AvgIpc) is 1.58. The topological polar surface area (TPSA) is 110 Å². The smallest absolute Gasteiger partial charge is 0.464 e. The van der Waals surface area contributed by atoms with E-state index in [1.54, 1.807) is 0 Å². The van der Waals surface area contributed by atoms with Crippen LogP contribution in [0.5, 0.6) is 34.5 Å². The molecule has 100 heavy (non-hydrogen) atoms. The quantitative estimate of drug-likeness (QED) is 0.0428. The van der Waals surface area contributed by atoms with Crippen LogP contribution in [0.25, 0.3) is 0 Å². The second kappa shape index (κ2) is 26.8. The molecule has 6 aromatic carbocycles. The van der Waals surface area contributed by atoms with Crippen molar-refractivity contribution in [2.45, 2.75) is 303 Å². The number of aliphatic hydroxyl groups excluding tert-OH is 1. The van der Waals surface area contributed by atoms with E-state index in [2.05, 4.69) is 281 Å². The molecule has 1 N–H and O–H groups in total. The van der Waals surface area contributed by atoms with Gasteiger partial charge in [-0.2, -0.15) is 0 Å². The van der Waals surface area contributed by atoms with Crippen molar-refractivity contribution in [2.75, 3.05) is 0 Å². The highest BCUT2D eigenvalue weighted by Gasteiger charge is 2.46. The largest absolute Gasteiger partial charge is 0.530 e. The van der Waals surface area contributed by atoms with Crippen molar-refractivity contribution in [3.63, 3.8) is 0 Å². The molecule has 0 saturated heterocycles. The van der Waals surface area contributed by atoms with E-state index in [1.165, 1.54) is 0 Å². The lowest BCUT2D eigenvalue weighted by Crippen LogP contribution is -2.26. The monoisotopic (exact) mass is 1380 g/mol. The molecule has 6 aromatic rings. The molecule has 0 spiro atoms. The summed E-state index contributed by atoms with van der Waals surface area (Å²) in [5.74, 6) is -0.498. The molecule has 4 atom stereocenters. The zero-order valence-corrected chi connectivity index (χ0v) is 68.0. The average molecular weight is 1380 g/mol. The van der Waals surface area contributed by atoms with Gasteiger partial charge in [0.15, 0.2) is 0 Å². The minimum absolute atomic E-state index is 0.0244. The molecule has 3 aliphatic rings. The zero-order valence-electron chi connectivity index (χ0n) is 67.1. The van der Waals surface area contributed by atoms with Gasteiger partial charge in [-0.1, -0.05) is 281 Å². The molecule has 9 rings (SSSR count). The Morgan fingerprint density at radius 3 is 0.820 bits per heavy atom. The third-order valence-corrected chi connectivity index (χ3v) is 21.5. The molecular weight excluding hydrogens is 1260 g/mol. The molecule has 4 unspecified atom stereocenters. The van der Waals surface area contributed by atoms with Crippen LogP contribution in [0.4, 0.5) is 0 Å². The van der Waals surface area contributed by atoms with Crippen molar-refractivity contribution < 1.29 is 42.5 Å². The van der Waals surface area contributed by atoms with Crippen LogP contribution in [0.2, 0.25) is 0 Å². The minimum Gasteiger partial charge on any atom is -0.464 e. The van der Waals surface area contributed by atoms with E-state index in [-0.39, 0.29) is 65.0 Å². The first-order valence-electron chi connectivity index (χ1n) is 36.9. The molecule has 0 fully saturated rings. The van der Waals surface area contributed by atoms with Gasteiger partial charge in [0.2, 0.25) is 6.29 Å². The van der Waals surface area contributed by atoms with Gasteiger partial charge in [-0.25, -0.2) is 0 Å². The van der Waals surface area contributed by atoms with Gasteiger partial charge in [-0.3, -0.25) is 9.59 Å². The normalized spacial score (nSPS) is 18.4. The van der Waals surface area contributed by atoms with Gasteiger partial charge in [0.05, 0.1) is 5.92 Å². The van der Waals surface area contributed by atoms with Crippen molar-refractivity contribution >= 4 is 20.5 Å². The number of hydrogen-bond donors (Lipinski definition) is 1. The van der Waals surface area contributed by atoms with Crippen LogP contribution in [-0.2, 0) is 42.1 Å². The number of carbonyl (C=O) groups excluding carboxylic acids is 2. The van der Waals surface area contributed by atoms with Crippen LogP contribution >= 0.6 is 8.60 Å². The number of carbonyl (C=O) groups is 2. The first-order chi connectivity index (χ1) is 45.4. The second-order valence-electron chi connectivity index (χ2n) is 41.4. The molecule has 10 heteroatoms. The summed E-state index contributed by atoms with van der Waals surface area (Å²) in [6.45, 7) is 68.1. The summed E-state index contributed by atoms with van der Waals surface area (Å²) in [6, 6.07) is 37.6. The highest BCUT2D eigenvalue weighted by molar-refractivity contribution is 7.43. The third-order valence-electron chi connectivity index (χ3n) is 20.4. The van der Waals surface area contributed by atoms with Crippen LogP contribution in [0.15, 0.2) is 109 Å². The van der Waals surface area contributed by atoms with Crippen molar-refractivity contribution in [1.82, 2.24) is 0 Å². The van der Waals surface area contributed by atoms with Crippen molar-refractivity contribution in [3.05, 3.63) is 176 Å². The van der Waals surface area contributed by atoms with E-state index >= 15 is 9.59 Å². The molecule has 0 saturated carbocycles. The SMILES string of the molecule is CC(C)(C)CC(C)(C)c1ccc2c(c1)C(c1cc(C(C)(C)CC(C)(C)C)ccc1OP(Oc1ccc(C(C)(C)CC(C)(C)C)cc1C1C(=O)Oc3ccc(C(C)(C)CC(C)(C)C)cc31)Oc1ccc(C(C)(C)CC(C)(C)C)cc1C1c3cc(C(C)(C)CC(C)(C)C)ccc3OC1O)C(=O)O2. The lowest BCUT2D eigenvalue weighted by molar-refractivity contribution is -0.134. The fraction of sp³-hybridized carbons (Fsp3) is 0.578. The summed E-state index contributed by atoms with van der Waals surface area (Å²) >= 11 is 0. The van der Waals surface area contributed by atoms with Crippen molar-refractivity contribution in [2.24, 2.45) is 32.5 Å². The van der Waals surface area contributed by atoms with Crippen LogP contribution in [0.3, 0.4) is 0 Å². The Kier molecular flexibility index (Phi) is 20.9. The molecule has 544 valence electrons. The van der Waals surface area contributed by atoms with Crippen LogP contribution in [0, 0.1) is 32.5 Å². The molecule has 0 bridgehead atoms. The summed E-state index contributed by atoms with van der Waals surface area (Å²) in [5, 5.41) is 12.6. The molecular formula is C90H125O9P. The van der Waals surface area contributed by atoms with Crippen LogP contribution < -0.4 is 27.8 Å². The summed E-state index contributed by atoms with van der Waals surface area (Å²) in [6.07, 6.45) is 4.02. The molecule has 9 nitrogen and oxygen atoms in total. The minimum atomic E-state index is -2.65. The number of aliphatic hydroxyl groups is 1. The van der Waals surface area contributed by atoms with Crippen LogP contribution in [0.1, 0.15) is 331 Å². The number of ether oxygens (including phenoxy) is 3. The lowest BCUT2D eigenvalue weighted by Gasteiger charge is -2.34. The molecule has 3 heterocycles. The van der Waals surface area contributed by atoms with Crippen LogP contribution in [-0.4, -0.2) is 23.3 Å². The fourth-order valence-electron chi connectivity index (χ4n) is 18.5. The molecule has 3 aliphatic heterocycles. The fourth-order valence-corrected chi connectivity index (χ4v) is 19.6. The Labute approximate surface area is 605 Å². The molecule has 0 amide bonds. The van der Waals surface area contributed by atoms with Gasteiger partial charge in [-0.05, 0) is 173 Å². The number of rotatable bonds is 21. The molecule has 0 aliphatic carbocycles. The van der Waals surface area contributed by atoms with Gasteiger partial charge >= 0.3 is 20.5 Å². The van der Waals surface area contributed by atoms with Crippen molar-refractivity contribution in [3.8, 4) is 34.5 Å². The van der Waals surface area contributed by atoms with E-state index in [0.29, 0.717) is 51.2 Å². The zero-order chi connectivity index (χ0) is 74.6. The standard InChI is InChI=1S/C90H125O9P/c1-79(2,3)49-85(19,20)55-31-37-67-61(43-55)73(76(91)94-67)64-46-58(88(25,26)52-82(10,11)12)34-40-70(64)97-100(98-71-41-35-59(89(27,28)53-83(13,14)15)47-65(71)74-62-44-56(32-38-68(62)95-77(74)92)86(21,22)50-80(4,5)6)99-72-42-36-60(90(29,30)54-84(16,17)18)48-66(72)75-63-45-57(33-39-69(63)96-78(75)93)87(23,24)51-81(7,8)9/h31-48,73-76,91H,49-54H2,1-30H3. The number of fused-ring (bicyclic) bond motifs is 3. The first kappa shape index (κ1) is 78.0. The van der Waals surface area contributed by atoms with E-state index in [9.17, 15) is 5.11 Å². The van der Waals surface area contributed by atoms with Gasteiger partial charge in [0, 0.05) is 33.4 Å². The lowest BCUT2D eigenvalue weighted by atomic mass is 9.71. The van der Waals surface area contributed by atoms with Gasteiger partial charge in [-0.15, -0.1) is 0 Å². The van der Waals surface area contributed by atoms with E-state index in [1.807, 2.05) is 36.4 Å². The van der Waals surface area contributed by atoms with E-state index < -0.39 is 44.6 Å².